The molecule has 2 aliphatic rings. The van der Waals surface area contributed by atoms with Crippen LogP contribution in [0.25, 0.3) is 11.1 Å². The maximum Gasteiger partial charge on any atom is 0.202 e. The highest BCUT2D eigenvalue weighted by atomic mass is 19.1. The second kappa shape index (κ2) is 6.73. The van der Waals surface area contributed by atoms with Crippen LogP contribution in [0.3, 0.4) is 0 Å². The molecule has 2 aromatic heterocycles. The van der Waals surface area contributed by atoms with E-state index < -0.39 is 12.0 Å². The molecular formula is C23H21FN4O2. The average molecular weight is 404 g/mol. The van der Waals surface area contributed by atoms with E-state index in [0.29, 0.717) is 11.4 Å². The fourth-order valence-electron chi connectivity index (χ4n) is 4.02. The first-order valence-electron chi connectivity index (χ1n) is 9.68. The molecule has 0 aliphatic carbocycles. The Morgan fingerprint density at radius 3 is 2.87 bits per heavy atom. The van der Waals surface area contributed by atoms with Gasteiger partial charge in [-0.2, -0.15) is 0 Å². The molecule has 1 aromatic carbocycles. The van der Waals surface area contributed by atoms with Crippen LogP contribution in [-0.2, 0) is 11.2 Å². The van der Waals surface area contributed by atoms with Crippen molar-refractivity contribution in [1.82, 2.24) is 9.97 Å². The van der Waals surface area contributed by atoms with E-state index in [2.05, 4.69) is 29.9 Å². The van der Waals surface area contributed by atoms with E-state index in [1.807, 2.05) is 23.2 Å². The number of anilines is 2. The SMILES string of the molecule is CC1(C)Cc2cc(N3C=COC3c3ccnc(N)c3)c(-c3cncc(F)c3)cc2O1. The maximum atomic E-state index is 14.0. The summed E-state index contributed by atoms with van der Waals surface area (Å²) >= 11 is 0. The lowest BCUT2D eigenvalue weighted by atomic mass is 9.97. The molecule has 0 radical (unpaired) electrons. The third-order valence-corrected chi connectivity index (χ3v) is 5.25. The van der Waals surface area contributed by atoms with Gasteiger partial charge in [-0.15, -0.1) is 0 Å². The Balaban J connectivity index is 1.66. The van der Waals surface area contributed by atoms with Crippen molar-refractivity contribution in [2.45, 2.75) is 32.1 Å². The molecule has 4 heterocycles. The highest BCUT2D eigenvalue weighted by Gasteiger charge is 2.34. The first-order valence-corrected chi connectivity index (χ1v) is 9.68. The number of nitrogen functional groups attached to an aromatic ring is 1. The summed E-state index contributed by atoms with van der Waals surface area (Å²) in [5.41, 5.74) is 9.88. The number of pyridine rings is 2. The zero-order chi connectivity index (χ0) is 20.9. The minimum absolute atomic E-state index is 0.297. The monoisotopic (exact) mass is 404 g/mol. The highest BCUT2D eigenvalue weighted by molar-refractivity contribution is 5.82. The molecule has 0 fully saturated rings. The second-order valence-corrected chi connectivity index (χ2v) is 8.10. The number of aromatic nitrogens is 2. The molecular weight excluding hydrogens is 383 g/mol. The number of fused-ring (bicyclic) bond motifs is 1. The zero-order valence-corrected chi connectivity index (χ0v) is 16.7. The number of nitrogens with zero attached hydrogens (tertiary/aromatic N) is 3. The van der Waals surface area contributed by atoms with Gasteiger partial charge in [0.1, 0.15) is 29.2 Å². The molecule has 0 saturated heterocycles. The Morgan fingerprint density at radius 1 is 1.20 bits per heavy atom. The van der Waals surface area contributed by atoms with Gasteiger partial charge in [0.25, 0.3) is 0 Å². The minimum atomic E-state index is -0.413. The van der Waals surface area contributed by atoms with Gasteiger partial charge in [-0.25, -0.2) is 9.37 Å². The van der Waals surface area contributed by atoms with Crippen molar-refractivity contribution < 1.29 is 13.9 Å². The predicted molar refractivity (Wildman–Crippen MR) is 112 cm³/mol. The van der Waals surface area contributed by atoms with Crippen molar-refractivity contribution in [2.24, 2.45) is 0 Å². The second-order valence-electron chi connectivity index (χ2n) is 8.10. The third-order valence-electron chi connectivity index (χ3n) is 5.25. The number of hydrogen-bond acceptors (Lipinski definition) is 6. The van der Waals surface area contributed by atoms with Crippen LogP contribution in [-0.4, -0.2) is 15.6 Å². The van der Waals surface area contributed by atoms with Gasteiger partial charge < -0.3 is 20.1 Å². The number of benzene rings is 1. The van der Waals surface area contributed by atoms with Crippen LogP contribution in [0.1, 0.15) is 31.2 Å². The van der Waals surface area contributed by atoms with Crippen molar-refractivity contribution in [2.75, 3.05) is 10.6 Å². The Kier molecular flexibility index (Phi) is 4.13. The van der Waals surface area contributed by atoms with Crippen LogP contribution >= 0.6 is 0 Å². The van der Waals surface area contributed by atoms with E-state index in [1.165, 1.54) is 12.3 Å². The van der Waals surface area contributed by atoms with Gasteiger partial charge in [0.05, 0.1) is 11.9 Å². The average Bonchev–Trinajstić information content (AvgIpc) is 3.29. The Bertz CT molecular complexity index is 1160. The molecule has 2 N–H and O–H groups in total. The van der Waals surface area contributed by atoms with Crippen LogP contribution < -0.4 is 15.4 Å². The van der Waals surface area contributed by atoms with Gasteiger partial charge in [-0.05, 0) is 44.2 Å². The molecule has 1 atom stereocenters. The number of ether oxygens (including phenoxy) is 2. The molecule has 0 saturated carbocycles. The fourth-order valence-corrected chi connectivity index (χ4v) is 4.02. The third kappa shape index (κ3) is 3.22. The summed E-state index contributed by atoms with van der Waals surface area (Å²) in [6, 6.07) is 9.16. The first-order chi connectivity index (χ1) is 14.4. The summed E-state index contributed by atoms with van der Waals surface area (Å²) < 4.78 is 26.0. The van der Waals surface area contributed by atoms with Crippen LogP contribution in [0.5, 0.6) is 5.75 Å². The molecule has 2 aliphatic heterocycles. The molecule has 3 aromatic rings. The van der Waals surface area contributed by atoms with Gasteiger partial charge in [0.15, 0.2) is 0 Å². The van der Waals surface area contributed by atoms with Gasteiger partial charge in [0.2, 0.25) is 6.23 Å². The van der Waals surface area contributed by atoms with Crippen LogP contribution in [0, 0.1) is 5.82 Å². The van der Waals surface area contributed by atoms with E-state index in [1.54, 1.807) is 24.7 Å². The maximum absolute atomic E-state index is 14.0. The molecule has 0 spiro atoms. The number of hydrogen-bond donors (Lipinski definition) is 1. The lowest BCUT2D eigenvalue weighted by Crippen LogP contribution is -2.24. The Labute approximate surface area is 173 Å². The van der Waals surface area contributed by atoms with Gasteiger partial charge in [-0.1, -0.05) is 0 Å². The summed E-state index contributed by atoms with van der Waals surface area (Å²) in [5.74, 6) is 0.824. The molecule has 1 unspecified atom stereocenters. The molecule has 6 nitrogen and oxygen atoms in total. The quantitative estimate of drug-likeness (QED) is 0.689. The van der Waals surface area contributed by atoms with Crippen molar-refractivity contribution in [3.8, 4) is 16.9 Å². The van der Waals surface area contributed by atoms with Crippen molar-refractivity contribution in [3.05, 3.63) is 78.3 Å². The van der Waals surface area contributed by atoms with Crippen LogP contribution in [0.15, 0.2) is 61.4 Å². The summed E-state index contributed by atoms with van der Waals surface area (Å²) in [4.78, 5) is 10.1. The molecule has 0 bridgehead atoms. The molecule has 7 heteroatoms. The van der Waals surface area contributed by atoms with E-state index in [0.717, 1.165) is 34.5 Å². The molecule has 5 rings (SSSR count). The smallest absolute Gasteiger partial charge is 0.202 e. The van der Waals surface area contributed by atoms with Gasteiger partial charge >= 0.3 is 0 Å². The first kappa shape index (κ1) is 18.4. The summed E-state index contributed by atoms with van der Waals surface area (Å²) in [6.45, 7) is 4.11. The van der Waals surface area contributed by atoms with Crippen molar-refractivity contribution >= 4 is 11.5 Å². The van der Waals surface area contributed by atoms with Crippen LogP contribution in [0.2, 0.25) is 0 Å². The normalized spacial score (nSPS) is 18.8. The zero-order valence-electron chi connectivity index (χ0n) is 16.7. The predicted octanol–water partition coefficient (Wildman–Crippen LogP) is 4.59. The van der Waals surface area contributed by atoms with E-state index in [9.17, 15) is 4.39 Å². The molecule has 0 amide bonds. The van der Waals surface area contributed by atoms with Crippen molar-refractivity contribution in [3.63, 3.8) is 0 Å². The van der Waals surface area contributed by atoms with E-state index in [4.69, 9.17) is 15.2 Å². The summed E-state index contributed by atoms with van der Waals surface area (Å²) in [7, 11) is 0. The number of halogens is 1. The Hall–Kier alpha value is -3.61. The summed E-state index contributed by atoms with van der Waals surface area (Å²) in [5, 5.41) is 0. The Morgan fingerprint density at radius 2 is 2.07 bits per heavy atom. The minimum Gasteiger partial charge on any atom is -0.487 e. The molecule has 152 valence electrons. The standard InChI is InChI=1S/C23H21FN4O2/c1-23(2)11-15-8-19(18(10-20(15)30-23)16-7-17(24)13-26-12-16)28-5-6-29-22(28)14-3-4-27-21(25)9-14/h3-10,12-13,22H,11H2,1-2H3,(H2,25,27). The van der Waals surface area contributed by atoms with Gasteiger partial charge in [0, 0.05) is 47.3 Å². The summed E-state index contributed by atoms with van der Waals surface area (Å²) in [6.07, 6.45) is 8.36. The lowest BCUT2D eigenvalue weighted by molar-refractivity contribution is 0.138. The fraction of sp³-hybridized carbons (Fsp3) is 0.217. The lowest BCUT2D eigenvalue weighted by Gasteiger charge is -2.27. The van der Waals surface area contributed by atoms with E-state index in [-0.39, 0.29) is 5.60 Å². The largest absolute Gasteiger partial charge is 0.487 e. The number of rotatable bonds is 3. The topological polar surface area (TPSA) is 73.5 Å². The molecule has 30 heavy (non-hydrogen) atoms. The van der Waals surface area contributed by atoms with Gasteiger partial charge in [-0.3, -0.25) is 4.98 Å². The number of nitrogens with two attached hydrogens (primary N) is 1. The van der Waals surface area contributed by atoms with E-state index >= 15 is 0 Å². The van der Waals surface area contributed by atoms with Crippen molar-refractivity contribution in [1.29, 1.82) is 0 Å². The highest BCUT2D eigenvalue weighted by Crippen LogP contribution is 2.46. The van der Waals surface area contributed by atoms with Crippen LogP contribution in [0.4, 0.5) is 15.9 Å².